The van der Waals surface area contributed by atoms with Gasteiger partial charge in [0.2, 0.25) is 0 Å². The highest BCUT2D eigenvalue weighted by Crippen LogP contribution is 2.49. The molecule has 1 N–H and O–H groups in total. The molecule has 0 saturated carbocycles. The van der Waals surface area contributed by atoms with Crippen LogP contribution >= 0.6 is 0 Å². The smallest absolute Gasteiger partial charge is 0.118 e. The minimum Gasteiger partial charge on any atom is -0.390 e. The van der Waals surface area contributed by atoms with Gasteiger partial charge in [-0.15, -0.1) is 0 Å². The Morgan fingerprint density at radius 2 is 1.44 bits per heavy atom. The lowest BCUT2D eigenvalue weighted by Gasteiger charge is -2.59. The standard InChI is InChI=1S/C22H38O5/c1-19(2)10-9-14-15(25-19)7-8-17(24-14)22(6)16(23)13-18-21(5,27-22)12-11-20(3,4)26-18/h14-18,23H,7-13H2,1-6H3/t14-,15+,16+,17-,18-,21+,22+/m1/s1. The molecule has 0 aromatic heterocycles. The summed E-state index contributed by atoms with van der Waals surface area (Å²) in [6.07, 6.45) is 5.86. The summed E-state index contributed by atoms with van der Waals surface area (Å²) in [6.45, 7) is 12.8. The fourth-order valence-electron chi connectivity index (χ4n) is 5.62. The SMILES string of the molecule is CC1(C)CC[C@H]2O[C@@H]([C@@]3(C)O[C@@]4(C)CCC(C)(C)O[C@@H]4C[C@@H]3O)CC[C@@H]2O1. The summed E-state index contributed by atoms with van der Waals surface area (Å²) in [7, 11) is 0. The van der Waals surface area contributed by atoms with E-state index in [1.807, 2.05) is 6.92 Å². The number of fused-ring (bicyclic) bond motifs is 2. The highest BCUT2D eigenvalue weighted by atomic mass is 16.6. The van der Waals surface area contributed by atoms with Gasteiger partial charge in [0.05, 0.1) is 47.3 Å². The van der Waals surface area contributed by atoms with E-state index < -0.39 is 11.7 Å². The molecule has 5 heteroatoms. The van der Waals surface area contributed by atoms with Crippen molar-refractivity contribution in [1.82, 2.24) is 0 Å². The van der Waals surface area contributed by atoms with Crippen molar-refractivity contribution in [3.8, 4) is 0 Å². The van der Waals surface area contributed by atoms with Crippen molar-refractivity contribution >= 4 is 0 Å². The average molecular weight is 383 g/mol. The Labute approximate surface area is 164 Å². The first-order chi connectivity index (χ1) is 12.4. The lowest BCUT2D eigenvalue weighted by atomic mass is 9.73. The average Bonchev–Trinajstić information content (AvgIpc) is 2.56. The lowest BCUT2D eigenvalue weighted by Crippen LogP contribution is -2.69. The Hall–Kier alpha value is -0.200. The molecule has 7 atom stereocenters. The van der Waals surface area contributed by atoms with E-state index in [-0.39, 0.29) is 41.2 Å². The quantitative estimate of drug-likeness (QED) is 0.748. The Balaban J connectivity index is 1.49. The highest BCUT2D eigenvalue weighted by molar-refractivity contribution is 5.08. The molecule has 27 heavy (non-hydrogen) atoms. The first-order valence-corrected chi connectivity index (χ1v) is 10.8. The molecule has 156 valence electrons. The van der Waals surface area contributed by atoms with Crippen molar-refractivity contribution in [1.29, 1.82) is 0 Å². The molecule has 4 rings (SSSR count). The van der Waals surface area contributed by atoms with Crippen molar-refractivity contribution in [3.05, 3.63) is 0 Å². The van der Waals surface area contributed by atoms with Gasteiger partial charge in [0.1, 0.15) is 5.60 Å². The Kier molecular flexibility index (Phi) is 4.76. The lowest BCUT2D eigenvalue weighted by molar-refractivity contribution is -0.344. The zero-order valence-corrected chi connectivity index (χ0v) is 17.9. The van der Waals surface area contributed by atoms with Crippen LogP contribution in [0.4, 0.5) is 0 Å². The largest absolute Gasteiger partial charge is 0.390 e. The van der Waals surface area contributed by atoms with E-state index in [2.05, 4.69) is 34.6 Å². The zero-order chi connectivity index (χ0) is 19.7. The van der Waals surface area contributed by atoms with Gasteiger partial charge in [-0.25, -0.2) is 0 Å². The van der Waals surface area contributed by atoms with E-state index >= 15 is 0 Å². The molecule has 4 fully saturated rings. The highest BCUT2D eigenvalue weighted by Gasteiger charge is 2.59. The zero-order valence-electron chi connectivity index (χ0n) is 17.9. The fourth-order valence-corrected chi connectivity index (χ4v) is 5.62. The molecular weight excluding hydrogens is 344 g/mol. The molecule has 0 aliphatic carbocycles. The minimum atomic E-state index is -0.700. The van der Waals surface area contributed by atoms with Crippen LogP contribution in [0.5, 0.6) is 0 Å². The third-order valence-corrected chi connectivity index (χ3v) is 7.53. The van der Waals surface area contributed by atoms with Crippen molar-refractivity contribution < 1.29 is 24.1 Å². The molecule has 0 aromatic rings. The van der Waals surface area contributed by atoms with Crippen LogP contribution in [0.2, 0.25) is 0 Å². The van der Waals surface area contributed by atoms with Gasteiger partial charge in [-0.05, 0) is 80.1 Å². The van der Waals surface area contributed by atoms with Gasteiger partial charge in [0, 0.05) is 6.42 Å². The van der Waals surface area contributed by atoms with Crippen molar-refractivity contribution in [3.63, 3.8) is 0 Å². The second kappa shape index (κ2) is 6.40. The van der Waals surface area contributed by atoms with Crippen LogP contribution < -0.4 is 0 Å². The molecule has 0 radical (unpaired) electrons. The Morgan fingerprint density at radius 1 is 0.741 bits per heavy atom. The minimum absolute atomic E-state index is 0.0605. The van der Waals surface area contributed by atoms with E-state index in [0.29, 0.717) is 6.42 Å². The number of ether oxygens (including phenoxy) is 4. The van der Waals surface area contributed by atoms with E-state index in [0.717, 1.165) is 38.5 Å². The van der Waals surface area contributed by atoms with Crippen LogP contribution in [0.25, 0.3) is 0 Å². The number of aliphatic hydroxyl groups is 1. The maximum absolute atomic E-state index is 11.1. The van der Waals surface area contributed by atoms with Gasteiger partial charge in [-0.3, -0.25) is 0 Å². The summed E-state index contributed by atoms with van der Waals surface area (Å²) in [5.41, 5.74) is -1.28. The van der Waals surface area contributed by atoms with Crippen molar-refractivity contribution in [2.45, 2.75) is 139 Å². The monoisotopic (exact) mass is 382 g/mol. The molecule has 4 aliphatic heterocycles. The first kappa shape index (κ1) is 20.1. The van der Waals surface area contributed by atoms with E-state index in [1.54, 1.807) is 0 Å². The summed E-state index contributed by atoms with van der Waals surface area (Å²) in [4.78, 5) is 0. The predicted molar refractivity (Wildman–Crippen MR) is 103 cm³/mol. The van der Waals surface area contributed by atoms with Gasteiger partial charge in [-0.2, -0.15) is 0 Å². The third kappa shape index (κ3) is 3.59. The van der Waals surface area contributed by atoms with Gasteiger partial charge in [0.25, 0.3) is 0 Å². The number of hydrogen-bond donors (Lipinski definition) is 1. The molecular formula is C22H38O5. The third-order valence-electron chi connectivity index (χ3n) is 7.53. The van der Waals surface area contributed by atoms with Gasteiger partial charge < -0.3 is 24.1 Å². The molecule has 0 unspecified atom stereocenters. The van der Waals surface area contributed by atoms with Crippen LogP contribution in [0.15, 0.2) is 0 Å². The van der Waals surface area contributed by atoms with Crippen LogP contribution in [0.1, 0.15) is 86.5 Å². The molecule has 4 heterocycles. The van der Waals surface area contributed by atoms with Crippen LogP contribution in [0.3, 0.4) is 0 Å². The number of rotatable bonds is 1. The summed E-state index contributed by atoms with van der Waals surface area (Å²) in [5.74, 6) is 0. The summed E-state index contributed by atoms with van der Waals surface area (Å²) < 4.78 is 25.7. The first-order valence-electron chi connectivity index (χ1n) is 10.8. The van der Waals surface area contributed by atoms with Gasteiger partial charge in [0.15, 0.2) is 0 Å². The summed E-state index contributed by atoms with van der Waals surface area (Å²) in [5, 5.41) is 11.1. The second-order valence-electron chi connectivity index (χ2n) is 10.9. The molecule has 4 aliphatic rings. The number of aliphatic hydroxyl groups excluding tert-OH is 1. The van der Waals surface area contributed by atoms with Crippen LogP contribution in [0, 0.1) is 0 Å². The summed E-state index contributed by atoms with van der Waals surface area (Å²) >= 11 is 0. The topological polar surface area (TPSA) is 57.2 Å². The van der Waals surface area contributed by atoms with Crippen molar-refractivity contribution in [2.24, 2.45) is 0 Å². The predicted octanol–water partition coefficient (Wildman–Crippen LogP) is 3.75. The van der Waals surface area contributed by atoms with E-state index in [4.69, 9.17) is 18.9 Å². The normalized spacial score (nSPS) is 51.9. The van der Waals surface area contributed by atoms with E-state index in [9.17, 15) is 5.11 Å². The van der Waals surface area contributed by atoms with Crippen LogP contribution in [-0.4, -0.2) is 58.0 Å². The van der Waals surface area contributed by atoms with Gasteiger partial charge >= 0.3 is 0 Å². The molecule has 5 nitrogen and oxygen atoms in total. The molecule has 4 saturated heterocycles. The maximum Gasteiger partial charge on any atom is 0.118 e. The fraction of sp³-hybridized carbons (Fsp3) is 1.00. The maximum atomic E-state index is 11.1. The summed E-state index contributed by atoms with van der Waals surface area (Å²) in [6, 6.07) is 0. The number of hydrogen-bond acceptors (Lipinski definition) is 5. The Bertz CT molecular complexity index is 575. The van der Waals surface area contributed by atoms with Gasteiger partial charge in [-0.1, -0.05) is 0 Å². The van der Waals surface area contributed by atoms with Crippen LogP contribution in [-0.2, 0) is 18.9 Å². The molecule has 0 aromatic carbocycles. The molecule has 0 bridgehead atoms. The second-order valence-corrected chi connectivity index (χ2v) is 10.9. The van der Waals surface area contributed by atoms with Crippen molar-refractivity contribution in [2.75, 3.05) is 0 Å². The molecule has 0 spiro atoms. The van der Waals surface area contributed by atoms with E-state index in [1.165, 1.54) is 0 Å². The Morgan fingerprint density at radius 3 is 2.19 bits per heavy atom. The molecule has 0 amide bonds.